The zero-order chi connectivity index (χ0) is 19.3. The largest absolute Gasteiger partial charge is 0.412 e. The van der Waals surface area contributed by atoms with E-state index in [1.165, 1.54) is 38.5 Å². The molecule has 0 saturated carbocycles. The van der Waals surface area contributed by atoms with Crippen molar-refractivity contribution in [1.82, 2.24) is 33.4 Å². The van der Waals surface area contributed by atoms with Crippen molar-refractivity contribution in [2.75, 3.05) is 41.3 Å². The number of anilines is 4. The van der Waals surface area contributed by atoms with Crippen molar-refractivity contribution in [3.8, 4) is 0 Å². The third-order valence-corrected chi connectivity index (χ3v) is 5.44. The molecule has 11 nitrogen and oxygen atoms in total. The number of nitrogens with one attached hydrogen (secondary N) is 1. The van der Waals surface area contributed by atoms with E-state index in [-0.39, 0.29) is 35.4 Å². The average Bonchev–Trinajstić information content (AvgIpc) is 2.75. The Morgan fingerprint density at radius 2 is 1.22 bits per heavy atom. The summed E-state index contributed by atoms with van der Waals surface area (Å²) in [6.45, 7) is 5.56. The molecule has 0 atom stereocenters. The van der Waals surface area contributed by atoms with Crippen molar-refractivity contribution < 1.29 is 16.0 Å². The van der Waals surface area contributed by atoms with Gasteiger partial charge in [-0.3, -0.25) is 4.79 Å². The van der Waals surface area contributed by atoms with Crippen LogP contribution in [0.15, 0.2) is 24.3 Å². The highest BCUT2D eigenvalue weighted by molar-refractivity contribution is 5.94. The molecule has 0 spiro atoms. The van der Waals surface area contributed by atoms with Gasteiger partial charge in [-0.1, -0.05) is 0 Å². The van der Waals surface area contributed by atoms with Crippen LogP contribution in [0, 0.1) is 0 Å². The van der Waals surface area contributed by atoms with Crippen LogP contribution in [0.3, 0.4) is 0 Å². The second kappa shape index (κ2) is 13.5. The van der Waals surface area contributed by atoms with Crippen LogP contribution in [0.5, 0.6) is 0 Å². The summed E-state index contributed by atoms with van der Waals surface area (Å²) in [4.78, 5) is 30.2. The molecule has 1 aromatic carbocycles. The Balaban J connectivity index is -0.000000400. The maximum absolute atomic E-state index is 11.5. The topological polar surface area (TPSA) is 211 Å². The highest BCUT2D eigenvalue weighted by atomic mass is 16.1. The Kier molecular flexibility index (Phi) is 12.3. The second-order valence-electron chi connectivity index (χ2n) is 7.61. The molecule has 4 rings (SSSR count). The van der Waals surface area contributed by atoms with E-state index in [9.17, 15) is 4.79 Å². The molecule has 0 unspecified atom stereocenters. The third-order valence-electron chi connectivity index (χ3n) is 5.44. The van der Waals surface area contributed by atoms with Crippen molar-refractivity contribution in [3.05, 3.63) is 29.8 Å². The molecule has 32 heavy (non-hydrogen) atoms. The molecule has 12 N–H and O–H groups in total. The number of carbonyl (C=O) groups excluding carboxylic acids is 1. The van der Waals surface area contributed by atoms with Gasteiger partial charge >= 0.3 is 0 Å². The van der Waals surface area contributed by atoms with Gasteiger partial charge in [0, 0.05) is 43.1 Å². The van der Waals surface area contributed by atoms with E-state index in [1.807, 2.05) is 24.3 Å². The van der Waals surface area contributed by atoms with Crippen LogP contribution in [-0.4, -0.2) is 52.4 Å². The van der Waals surface area contributed by atoms with Crippen LogP contribution in [0.1, 0.15) is 61.5 Å². The van der Waals surface area contributed by atoms with E-state index < -0.39 is 0 Å². The molecule has 2 aliphatic heterocycles. The summed E-state index contributed by atoms with van der Waals surface area (Å²) >= 11 is 0. The fraction of sp³-hybridized carbons (Fsp3) is 0.524. The highest BCUT2D eigenvalue weighted by Crippen LogP contribution is 2.24. The number of carbonyl (C=O) groups is 1. The Morgan fingerprint density at radius 3 is 1.62 bits per heavy atom. The Morgan fingerprint density at radius 1 is 0.781 bits per heavy atom. The summed E-state index contributed by atoms with van der Waals surface area (Å²) in [5.41, 5.74) is 1.56. The van der Waals surface area contributed by atoms with Crippen molar-refractivity contribution in [3.63, 3.8) is 0 Å². The quantitative estimate of drug-likeness (QED) is 0.463. The molecule has 188 valence electrons. The molecular formula is C21H47N9O2. The van der Waals surface area contributed by atoms with Crippen LogP contribution >= 0.6 is 0 Å². The molecule has 0 radical (unpaired) electrons. The maximum atomic E-state index is 11.5. The van der Waals surface area contributed by atoms with Gasteiger partial charge in [0.1, 0.15) is 0 Å². The lowest BCUT2D eigenvalue weighted by atomic mass is 10.1. The van der Waals surface area contributed by atoms with Crippen LogP contribution in [0.2, 0.25) is 0 Å². The van der Waals surface area contributed by atoms with Crippen LogP contribution in [-0.2, 0) is 0 Å². The molecule has 2 fully saturated rings. The predicted molar refractivity (Wildman–Crippen MR) is 139 cm³/mol. The lowest BCUT2D eigenvalue weighted by molar-refractivity contribution is 0.101. The number of nitrogens with zero attached hydrogens (tertiary/aromatic N) is 5. The number of hydrogen-bond acceptors (Lipinski definition) is 10. The maximum Gasteiger partial charge on any atom is 0.233 e. The Hall–Kier alpha value is -2.86. The highest BCUT2D eigenvalue weighted by Gasteiger charge is 2.20. The van der Waals surface area contributed by atoms with Gasteiger partial charge in [-0.05, 0) is 69.7 Å². The van der Waals surface area contributed by atoms with Crippen LogP contribution < -0.4 is 33.6 Å². The summed E-state index contributed by atoms with van der Waals surface area (Å²) in [5, 5.41) is 3.30. The van der Waals surface area contributed by atoms with E-state index >= 15 is 0 Å². The number of aromatic nitrogens is 3. The molecule has 2 aromatic rings. The normalized spacial score (nSPS) is 15.3. The first-order valence-corrected chi connectivity index (χ1v) is 10.3. The number of benzene rings is 1. The molecule has 0 amide bonds. The molecule has 3 heterocycles. The molecule has 11 heteroatoms. The van der Waals surface area contributed by atoms with Crippen molar-refractivity contribution in [1.29, 1.82) is 0 Å². The first-order chi connectivity index (χ1) is 13.7. The first-order valence-electron chi connectivity index (χ1n) is 10.3. The minimum atomic E-state index is 0. The number of Topliss-reactive ketones (excluding diaryl/α,β-unsaturated/α-hetero) is 1. The molecule has 2 aliphatic rings. The SMILES string of the molecule is CC(=O)c1ccc(Nc2nc(N3CCCCC3)nc(N3CCCCC3)n2)cc1.N.N.N.O.[HH].[HH].[HH].[HH]. The Labute approximate surface area is 196 Å². The molecule has 0 bridgehead atoms. The third kappa shape index (κ3) is 7.09. The molecule has 2 saturated heterocycles. The summed E-state index contributed by atoms with van der Waals surface area (Å²) in [6.07, 6.45) is 7.27. The summed E-state index contributed by atoms with van der Waals surface area (Å²) in [5.74, 6) is 2.15. The van der Waals surface area contributed by atoms with Crippen molar-refractivity contribution in [2.24, 2.45) is 0 Å². The number of rotatable bonds is 5. The van der Waals surface area contributed by atoms with Gasteiger partial charge in [0.2, 0.25) is 17.8 Å². The number of piperidine rings is 2. The zero-order valence-electron chi connectivity index (χ0n) is 19.1. The Bertz CT molecular complexity index is 802. The summed E-state index contributed by atoms with van der Waals surface area (Å²) in [6, 6.07) is 7.43. The molecule has 1 aromatic heterocycles. The minimum Gasteiger partial charge on any atom is -0.412 e. The fourth-order valence-electron chi connectivity index (χ4n) is 3.80. The molecular weight excluding hydrogens is 410 g/mol. The van der Waals surface area contributed by atoms with E-state index in [1.54, 1.807) is 6.92 Å². The van der Waals surface area contributed by atoms with Crippen molar-refractivity contribution >= 4 is 29.3 Å². The average molecular weight is 458 g/mol. The van der Waals surface area contributed by atoms with Gasteiger partial charge in [-0.25, -0.2) is 0 Å². The van der Waals surface area contributed by atoms with Crippen LogP contribution in [0.25, 0.3) is 0 Å². The smallest absolute Gasteiger partial charge is 0.233 e. The lowest BCUT2D eigenvalue weighted by Gasteiger charge is -2.30. The van der Waals surface area contributed by atoms with E-state index in [2.05, 4.69) is 15.1 Å². The minimum absolute atomic E-state index is 0. The van der Waals surface area contributed by atoms with Gasteiger partial charge in [0.25, 0.3) is 0 Å². The number of ketones is 1. The van der Waals surface area contributed by atoms with Gasteiger partial charge < -0.3 is 39.0 Å². The fourth-order valence-corrected chi connectivity index (χ4v) is 3.80. The summed E-state index contributed by atoms with van der Waals surface area (Å²) < 4.78 is 0. The first kappa shape index (κ1) is 29.1. The summed E-state index contributed by atoms with van der Waals surface area (Å²) in [7, 11) is 0. The standard InChI is InChI=1S/C21H28N6O.3H3N.H2O.4H2/c1-16(28)17-8-10-18(11-9-17)22-19-23-20(26-12-4-2-5-13-26)25-21(24-19)27-14-6-3-7-15-27;;;;;;;;/h8-11H,2-7,12-15H2,1H3,(H,22,23,24,25);3*1H3;1H2;4*1H. The van der Waals surface area contributed by atoms with Gasteiger partial charge in [0.05, 0.1) is 0 Å². The second-order valence-corrected chi connectivity index (χ2v) is 7.61. The van der Waals surface area contributed by atoms with Gasteiger partial charge in [-0.2, -0.15) is 15.0 Å². The van der Waals surface area contributed by atoms with Gasteiger partial charge in [0.15, 0.2) is 5.78 Å². The predicted octanol–water partition coefficient (Wildman–Crippen LogP) is 4.44. The van der Waals surface area contributed by atoms with Crippen LogP contribution in [0.4, 0.5) is 23.5 Å². The lowest BCUT2D eigenvalue weighted by Crippen LogP contribution is -2.34. The van der Waals surface area contributed by atoms with E-state index in [4.69, 9.17) is 15.0 Å². The van der Waals surface area contributed by atoms with Gasteiger partial charge in [-0.15, -0.1) is 0 Å². The monoisotopic (exact) mass is 457 g/mol. The van der Waals surface area contributed by atoms with Crippen molar-refractivity contribution in [2.45, 2.75) is 45.4 Å². The number of hydrogen-bond donors (Lipinski definition) is 4. The zero-order valence-corrected chi connectivity index (χ0v) is 19.1. The molecule has 0 aliphatic carbocycles. The van der Waals surface area contributed by atoms with E-state index in [0.717, 1.165) is 43.8 Å². The van der Waals surface area contributed by atoms with E-state index in [0.29, 0.717) is 11.5 Å².